The fraction of sp³-hybridized carbons (Fsp3) is 0.562. The maximum absolute atomic E-state index is 12.2. The largest absolute Gasteiger partial charge is 0.349 e. The van der Waals surface area contributed by atoms with E-state index in [0.717, 1.165) is 5.56 Å². The lowest BCUT2D eigenvalue weighted by atomic mass is 10.0. The Balaban J connectivity index is 1.84. The topological polar surface area (TPSA) is 66.5 Å². The van der Waals surface area contributed by atoms with E-state index in [9.17, 15) is 13.2 Å². The molecule has 1 aromatic rings. The highest BCUT2D eigenvalue weighted by Gasteiger charge is 2.39. The van der Waals surface area contributed by atoms with Gasteiger partial charge in [0.25, 0.3) is 0 Å². The molecule has 1 saturated heterocycles. The van der Waals surface area contributed by atoms with Crippen molar-refractivity contribution >= 4 is 27.5 Å². The molecule has 1 fully saturated rings. The highest BCUT2D eigenvalue weighted by Crippen LogP contribution is 2.22. The fourth-order valence-electron chi connectivity index (χ4n) is 2.83. The van der Waals surface area contributed by atoms with E-state index in [-0.39, 0.29) is 24.0 Å². The molecule has 2 rings (SSSR count). The first kappa shape index (κ1) is 18.3. The van der Waals surface area contributed by atoms with Gasteiger partial charge < -0.3 is 5.32 Å². The van der Waals surface area contributed by atoms with E-state index in [1.807, 2.05) is 18.2 Å². The molecule has 1 N–H and O–H groups in total. The van der Waals surface area contributed by atoms with Crippen LogP contribution in [0.25, 0.3) is 0 Å². The summed E-state index contributed by atoms with van der Waals surface area (Å²) >= 11 is 1.70. The number of likely N-dealkylation sites (N-methyl/N-ethyl adjacent to an activating group) is 1. The van der Waals surface area contributed by atoms with Crippen LogP contribution in [0.1, 0.15) is 18.9 Å². The molecule has 23 heavy (non-hydrogen) atoms. The van der Waals surface area contributed by atoms with E-state index < -0.39 is 15.4 Å². The Hall–Kier alpha value is -1.05. The van der Waals surface area contributed by atoms with E-state index in [4.69, 9.17) is 0 Å². The summed E-state index contributed by atoms with van der Waals surface area (Å²) in [6.45, 7) is 2.73. The zero-order chi connectivity index (χ0) is 17.1. The molecule has 1 heterocycles. The third kappa shape index (κ3) is 5.51. The van der Waals surface area contributed by atoms with Gasteiger partial charge in [-0.1, -0.05) is 12.1 Å². The molecular formula is C16H24N2O3S2. The summed E-state index contributed by atoms with van der Waals surface area (Å²) in [4.78, 5) is 15.3. The molecule has 1 aromatic carbocycles. The minimum atomic E-state index is -3.01. The first-order chi connectivity index (χ1) is 10.7. The minimum absolute atomic E-state index is 0.0333. The van der Waals surface area contributed by atoms with Crippen molar-refractivity contribution < 1.29 is 13.2 Å². The molecule has 5 nitrogen and oxygen atoms in total. The second-order valence-electron chi connectivity index (χ2n) is 6.47. The lowest BCUT2D eigenvalue weighted by Gasteiger charge is -2.25. The molecule has 0 spiro atoms. The number of nitrogens with zero attached hydrogens (tertiary/aromatic N) is 1. The normalized spacial score (nSPS) is 23.1. The van der Waals surface area contributed by atoms with Crippen molar-refractivity contribution in [3.63, 3.8) is 0 Å². The maximum Gasteiger partial charge on any atom is 0.234 e. The first-order valence-corrected chi connectivity index (χ1v) is 10.6. The van der Waals surface area contributed by atoms with Crippen LogP contribution in [-0.4, -0.2) is 56.1 Å². The van der Waals surface area contributed by atoms with Gasteiger partial charge in [0, 0.05) is 11.4 Å². The molecular weight excluding hydrogens is 332 g/mol. The highest BCUT2D eigenvalue weighted by atomic mass is 32.2. The monoisotopic (exact) mass is 356 g/mol. The van der Waals surface area contributed by atoms with E-state index in [2.05, 4.69) is 29.6 Å². The van der Waals surface area contributed by atoms with Gasteiger partial charge in [-0.3, -0.25) is 9.69 Å². The molecule has 0 unspecified atom stereocenters. The Bertz CT molecular complexity index is 658. The van der Waals surface area contributed by atoms with Crippen molar-refractivity contribution in [2.24, 2.45) is 0 Å². The molecule has 128 valence electrons. The molecule has 0 aromatic heterocycles. The Labute approximate surface area is 142 Å². The number of amides is 1. The van der Waals surface area contributed by atoms with Crippen molar-refractivity contribution in [2.75, 3.05) is 31.4 Å². The van der Waals surface area contributed by atoms with Crippen molar-refractivity contribution in [2.45, 2.75) is 30.3 Å². The van der Waals surface area contributed by atoms with Crippen LogP contribution >= 0.6 is 11.8 Å². The van der Waals surface area contributed by atoms with Crippen molar-refractivity contribution in [1.82, 2.24) is 10.2 Å². The van der Waals surface area contributed by atoms with Gasteiger partial charge >= 0.3 is 0 Å². The maximum atomic E-state index is 12.2. The highest BCUT2D eigenvalue weighted by molar-refractivity contribution is 7.98. The average molecular weight is 357 g/mol. The van der Waals surface area contributed by atoms with Crippen LogP contribution in [-0.2, 0) is 21.2 Å². The predicted molar refractivity (Wildman–Crippen MR) is 94.4 cm³/mol. The number of rotatable bonds is 6. The zero-order valence-electron chi connectivity index (χ0n) is 13.8. The van der Waals surface area contributed by atoms with Crippen LogP contribution < -0.4 is 5.32 Å². The van der Waals surface area contributed by atoms with E-state index >= 15 is 0 Å². The summed E-state index contributed by atoms with van der Waals surface area (Å²) in [5.74, 6) is 0.0559. The number of nitrogens with one attached hydrogen (secondary N) is 1. The Morgan fingerprint density at radius 2 is 2.00 bits per heavy atom. The van der Waals surface area contributed by atoms with Crippen LogP contribution in [0.5, 0.6) is 0 Å². The Kier molecular flexibility index (Phi) is 5.75. The van der Waals surface area contributed by atoms with Gasteiger partial charge in [-0.25, -0.2) is 8.42 Å². The molecule has 1 atom stereocenters. The summed E-state index contributed by atoms with van der Waals surface area (Å²) < 4.78 is 23.2. The Morgan fingerprint density at radius 3 is 2.52 bits per heavy atom. The number of hydrogen-bond acceptors (Lipinski definition) is 5. The average Bonchev–Trinajstić information content (AvgIpc) is 2.72. The van der Waals surface area contributed by atoms with Gasteiger partial charge in [0.05, 0.1) is 23.6 Å². The predicted octanol–water partition coefficient (Wildman–Crippen LogP) is 1.53. The lowest BCUT2D eigenvalue weighted by molar-refractivity contribution is -0.123. The van der Waals surface area contributed by atoms with Gasteiger partial charge in [-0.15, -0.1) is 11.8 Å². The summed E-state index contributed by atoms with van der Waals surface area (Å²) in [6, 6.07) is 8.26. The van der Waals surface area contributed by atoms with E-state index in [0.29, 0.717) is 13.0 Å². The quantitative estimate of drug-likeness (QED) is 0.783. The second kappa shape index (κ2) is 7.23. The lowest BCUT2D eigenvalue weighted by Crippen LogP contribution is -2.49. The summed E-state index contributed by atoms with van der Waals surface area (Å²) in [6.07, 6.45) is 2.52. The van der Waals surface area contributed by atoms with Crippen LogP contribution in [0.4, 0.5) is 0 Å². The zero-order valence-corrected chi connectivity index (χ0v) is 15.5. The second-order valence-corrected chi connectivity index (χ2v) is 9.53. The first-order valence-electron chi connectivity index (χ1n) is 7.54. The number of carbonyl (C=O) groups excluding carboxylic acids is 1. The smallest absolute Gasteiger partial charge is 0.234 e. The van der Waals surface area contributed by atoms with Crippen LogP contribution in [0.15, 0.2) is 29.2 Å². The van der Waals surface area contributed by atoms with Crippen molar-refractivity contribution in [1.29, 1.82) is 0 Å². The molecule has 0 saturated carbocycles. The fourth-order valence-corrected chi connectivity index (χ4v) is 5.33. The van der Waals surface area contributed by atoms with Crippen molar-refractivity contribution in [3.8, 4) is 0 Å². The molecule has 0 bridgehead atoms. The summed E-state index contributed by atoms with van der Waals surface area (Å²) in [5.41, 5.74) is 0.518. The van der Waals surface area contributed by atoms with Crippen LogP contribution in [0, 0.1) is 0 Å². The van der Waals surface area contributed by atoms with Gasteiger partial charge in [0.15, 0.2) is 9.84 Å². The standard InChI is InChI=1S/C16H24N2O3S2/c1-16(8-9-23(20,21)12-16)17-15(19)11-18(2)10-13-4-6-14(22-3)7-5-13/h4-7H,8-12H2,1-3H3,(H,17,19)/t16-/m1/s1. The molecule has 0 radical (unpaired) electrons. The van der Waals surface area contributed by atoms with Gasteiger partial charge in [0.1, 0.15) is 0 Å². The number of sulfone groups is 1. The molecule has 0 aliphatic carbocycles. The van der Waals surface area contributed by atoms with E-state index in [1.165, 1.54) is 4.90 Å². The number of hydrogen-bond donors (Lipinski definition) is 1. The van der Waals surface area contributed by atoms with Crippen molar-refractivity contribution in [3.05, 3.63) is 29.8 Å². The molecule has 7 heteroatoms. The van der Waals surface area contributed by atoms with Crippen LogP contribution in [0.3, 0.4) is 0 Å². The minimum Gasteiger partial charge on any atom is -0.349 e. The van der Waals surface area contributed by atoms with Crippen LogP contribution in [0.2, 0.25) is 0 Å². The molecule has 1 aliphatic rings. The SMILES string of the molecule is CSc1ccc(CN(C)CC(=O)N[C@]2(C)CCS(=O)(=O)C2)cc1. The Morgan fingerprint density at radius 1 is 1.35 bits per heavy atom. The third-order valence-electron chi connectivity index (χ3n) is 3.97. The van der Waals surface area contributed by atoms with Gasteiger partial charge in [-0.2, -0.15) is 0 Å². The molecule has 1 amide bonds. The van der Waals surface area contributed by atoms with Gasteiger partial charge in [-0.05, 0) is 44.3 Å². The number of carbonyl (C=O) groups is 1. The third-order valence-corrected chi connectivity index (χ3v) is 6.62. The summed E-state index contributed by atoms with van der Waals surface area (Å²) in [7, 11) is -1.13. The number of thioether (sulfide) groups is 1. The molecule has 1 aliphatic heterocycles. The van der Waals surface area contributed by atoms with Gasteiger partial charge in [0.2, 0.25) is 5.91 Å². The summed E-state index contributed by atoms with van der Waals surface area (Å²) in [5, 5.41) is 2.88. The van der Waals surface area contributed by atoms with E-state index in [1.54, 1.807) is 18.7 Å². The number of benzene rings is 1.